The molecule has 0 aliphatic carbocycles. The molecular formula is C17H19BrN2O. The maximum Gasteiger partial charge on any atom is 0.224 e. The number of anilines is 2. The molecule has 0 atom stereocenters. The topological polar surface area (TPSA) is 55.1 Å². The number of nitrogens with one attached hydrogen (secondary N) is 1. The van der Waals surface area contributed by atoms with Gasteiger partial charge in [0.15, 0.2) is 0 Å². The molecule has 0 unspecified atom stereocenters. The van der Waals surface area contributed by atoms with Gasteiger partial charge in [-0.25, -0.2) is 0 Å². The second kappa shape index (κ2) is 7.27. The number of nitrogen functional groups attached to an aromatic ring is 1. The summed E-state index contributed by atoms with van der Waals surface area (Å²) in [6, 6.07) is 14.0. The van der Waals surface area contributed by atoms with Gasteiger partial charge >= 0.3 is 0 Å². The number of hydrogen-bond donors (Lipinski definition) is 2. The minimum atomic E-state index is -0.0119. The summed E-state index contributed by atoms with van der Waals surface area (Å²) in [5.74, 6) is -0.0119. The first-order valence-corrected chi connectivity index (χ1v) is 7.75. The molecule has 3 N–H and O–H groups in total. The number of rotatable bonds is 5. The van der Waals surface area contributed by atoms with Crippen LogP contribution in [0.15, 0.2) is 46.9 Å². The van der Waals surface area contributed by atoms with Gasteiger partial charge in [-0.05, 0) is 59.0 Å². The van der Waals surface area contributed by atoms with E-state index in [9.17, 15) is 4.79 Å². The predicted octanol–water partition coefficient (Wildman–Crippen LogP) is 4.30. The summed E-state index contributed by atoms with van der Waals surface area (Å²) in [6.45, 7) is 1.96. The molecule has 2 aromatic rings. The van der Waals surface area contributed by atoms with E-state index in [-0.39, 0.29) is 5.91 Å². The molecule has 3 nitrogen and oxygen atoms in total. The molecule has 0 radical (unpaired) electrons. The van der Waals surface area contributed by atoms with Gasteiger partial charge in [-0.1, -0.05) is 30.3 Å². The van der Waals surface area contributed by atoms with Crippen molar-refractivity contribution >= 4 is 33.2 Å². The second-order valence-electron chi connectivity index (χ2n) is 5.10. The third-order valence-corrected chi connectivity index (χ3v) is 3.87. The quantitative estimate of drug-likeness (QED) is 0.793. The van der Waals surface area contributed by atoms with Crippen molar-refractivity contribution in [1.82, 2.24) is 0 Å². The summed E-state index contributed by atoms with van der Waals surface area (Å²) in [4.78, 5) is 12.0. The van der Waals surface area contributed by atoms with Crippen molar-refractivity contribution in [3.8, 4) is 0 Å². The van der Waals surface area contributed by atoms with Crippen molar-refractivity contribution in [2.24, 2.45) is 0 Å². The van der Waals surface area contributed by atoms with Crippen LogP contribution in [0.4, 0.5) is 11.4 Å². The van der Waals surface area contributed by atoms with E-state index in [1.165, 1.54) is 5.56 Å². The monoisotopic (exact) mass is 346 g/mol. The lowest BCUT2D eigenvalue weighted by molar-refractivity contribution is -0.116. The number of aryl methyl sites for hydroxylation is 2. The van der Waals surface area contributed by atoms with Crippen LogP contribution in [0, 0.1) is 6.92 Å². The maximum atomic E-state index is 12.0. The Bertz CT molecular complexity index is 603. The molecule has 2 rings (SSSR count). The highest BCUT2D eigenvalue weighted by Crippen LogP contribution is 2.30. The largest absolute Gasteiger partial charge is 0.397 e. The van der Waals surface area contributed by atoms with Gasteiger partial charge in [0.2, 0.25) is 5.91 Å². The molecule has 110 valence electrons. The molecule has 0 fully saturated rings. The van der Waals surface area contributed by atoms with Crippen LogP contribution >= 0.6 is 15.9 Å². The third kappa shape index (κ3) is 4.60. The van der Waals surface area contributed by atoms with E-state index in [1.54, 1.807) is 0 Å². The summed E-state index contributed by atoms with van der Waals surface area (Å²) in [6.07, 6.45) is 2.20. The lowest BCUT2D eigenvalue weighted by Crippen LogP contribution is -2.13. The molecule has 21 heavy (non-hydrogen) atoms. The van der Waals surface area contributed by atoms with E-state index < -0.39 is 0 Å². The van der Waals surface area contributed by atoms with Gasteiger partial charge in [0.1, 0.15) is 0 Å². The average molecular weight is 347 g/mol. The van der Waals surface area contributed by atoms with Crippen LogP contribution < -0.4 is 11.1 Å². The highest BCUT2D eigenvalue weighted by molar-refractivity contribution is 9.10. The molecule has 0 heterocycles. The van der Waals surface area contributed by atoms with Crippen LogP contribution in [0.3, 0.4) is 0 Å². The third-order valence-electron chi connectivity index (χ3n) is 3.24. The molecule has 0 aliphatic rings. The Hall–Kier alpha value is -1.81. The van der Waals surface area contributed by atoms with Gasteiger partial charge in [-0.3, -0.25) is 4.79 Å². The van der Waals surface area contributed by atoms with Gasteiger partial charge < -0.3 is 11.1 Å². The number of nitrogens with two attached hydrogens (primary N) is 1. The molecule has 2 aromatic carbocycles. The fourth-order valence-electron chi connectivity index (χ4n) is 2.20. The van der Waals surface area contributed by atoms with Crippen molar-refractivity contribution in [2.75, 3.05) is 11.1 Å². The molecule has 0 spiro atoms. The zero-order valence-electron chi connectivity index (χ0n) is 12.0. The van der Waals surface area contributed by atoms with Crippen LogP contribution in [0.5, 0.6) is 0 Å². The highest BCUT2D eigenvalue weighted by Gasteiger charge is 2.09. The van der Waals surface area contributed by atoms with Crippen molar-refractivity contribution < 1.29 is 4.79 Å². The van der Waals surface area contributed by atoms with Crippen LogP contribution in [0.25, 0.3) is 0 Å². The number of amides is 1. The van der Waals surface area contributed by atoms with Crippen LogP contribution in [-0.4, -0.2) is 5.91 Å². The molecule has 1 amide bonds. The van der Waals surface area contributed by atoms with Crippen molar-refractivity contribution in [1.29, 1.82) is 0 Å². The van der Waals surface area contributed by atoms with Crippen molar-refractivity contribution in [2.45, 2.75) is 26.2 Å². The Balaban J connectivity index is 1.88. The Labute approximate surface area is 133 Å². The van der Waals surface area contributed by atoms with E-state index in [2.05, 4.69) is 33.4 Å². The average Bonchev–Trinajstić information content (AvgIpc) is 2.44. The van der Waals surface area contributed by atoms with Crippen LogP contribution in [0.1, 0.15) is 24.0 Å². The summed E-state index contributed by atoms with van der Waals surface area (Å²) < 4.78 is 0.816. The van der Waals surface area contributed by atoms with Gasteiger partial charge in [0, 0.05) is 10.9 Å². The van der Waals surface area contributed by atoms with E-state index in [0.717, 1.165) is 22.9 Å². The standard InChI is InChI=1S/C17H19BrN2O/c1-12-10-14(18)17(15(19)11-12)20-16(21)9-5-8-13-6-3-2-4-7-13/h2-4,6-7,10-11H,5,8-9,19H2,1H3,(H,20,21). The molecular weight excluding hydrogens is 328 g/mol. The fraction of sp³-hybridized carbons (Fsp3) is 0.235. The maximum absolute atomic E-state index is 12.0. The van der Waals surface area contributed by atoms with Crippen molar-refractivity contribution in [3.63, 3.8) is 0 Å². The predicted molar refractivity (Wildman–Crippen MR) is 91.3 cm³/mol. The van der Waals surface area contributed by atoms with Gasteiger partial charge in [0.05, 0.1) is 11.4 Å². The van der Waals surface area contributed by atoms with E-state index in [1.807, 2.05) is 37.3 Å². The SMILES string of the molecule is Cc1cc(N)c(NC(=O)CCCc2ccccc2)c(Br)c1. The molecule has 4 heteroatoms. The Kier molecular flexibility index (Phi) is 5.39. The Morgan fingerprint density at radius 3 is 2.62 bits per heavy atom. The first-order chi connectivity index (χ1) is 10.1. The minimum absolute atomic E-state index is 0.0119. The van der Waals surface area contributed by atoms with Gasteiger partial charge in [-0.2, -0.15) is 0 Å². The number of carbonyl (C=O) groups is 1. The Morgan fingerprint density at radius 1 is 1.24 bits per heavy atom. The molecule has 0 saturated carbocycles. The zero-order chi connectivity index (χ0) is 15.2. The summed E-state index contributed by atoms with van der Waals surface area (Å²) in [7, 11) is 0. The summed E-state index contributed by atoms with van der Waals surface area (Å²) in [5, 5.41) is 2.88. The number of carbonyl (C=O) groups excluding carboxylic acids is 1. The smallest absolute Gasteiger partial charge is 0.224 e. The van der Waals surface area contributed by atoms with Crippen LogP contribution in [-0.2, 0) is 11.2 Å². The van der Waals surface area contributed by atoms with E-state index in [0.29, 0.717) is 17.8 Å². The Morgan fingerprint density at radius 2 is 1.95 bits per heavy atom. The summed E-state index contributed by atoms with van der Waals surface area (Å²) >= 11 is 3.44. The van der Waals surface area contributed by atoms with E-state index in [4.69, 9.17) is 5.73 Å². The van der Waals surface area contributed by atoms with Gasteiger partial charge in [0.25, 0.3) is 0 Å². The lowest BCUT2D eigenvalue weighted by atomic mass is 10.1. The van der Waals surface area contributed by atoms with E-state index >= 15 is 0 Å². The number of hydrogen-bond acceptors (Lipinski definition) is 2. The minimum Gasteiger partial charge on any atom is -0.397 e. The lowest BCUT2D eigenvalue weighted by Gasteiger charge is -2.11. The van der Waals surface area contributed by atoms with Crippen molar-refractivity contribution in [3.05, 3.63) is 58.1 Å². The molecule has 0 aromatic heterocycles. The first kappa shape index (κ1) is 15.6. The first-order valence-electron chi connectivity index (χ1n) is 6.95. The highest BCUT2D eigenvalue weighted by atomic mass is 79.9. The van der Waals surface area contributed by atoms with Gasteiger partial charge in [-0.15, -0.1) is 0 Å². The molecule has 0 saturated heterocycles. The fourth-order valence-corrected chi connectivity index (χ4v) is 2.89. The second-order valence-corrected chi connectivity index (χ2v) is 5.95. The number of benzene rings is 2. The van der Waals surface area contributed by atoms with Crippen LogP contribution in [0.2, 0.25) is 0 Å². The zero-order valence-corrected chi connectivity index (χ0v) is 13.6. The normalized spacial score (nSPS) is 10.4. The number of halogens is 1. The molecule has 0 aliphatic heterocycles. The summed E-state index contributed by atoms with van der Waals surface area (Å²) in [5.41, 5.74) is 9.49. The molecule has 0 bridgehead atoms.